The molecule has 82 valence electrons. The number of aromatic nitrogens is 1. The molecule has 1 aromatic heterocycles. The minimum atomic E-state index is -4.98. The van der Waals surface area contributed by atoms with Gasteiger partial charge in [0.05, 0.1) is 7.11 Å². The van der Waals surface area contributed by atoms with Crippen LogP contribution < -0.4 is 0 Å². The lowest BCUT2D eigenvalue weighted by atomic mass is 10.2. The second-order valence-corrected chi connectivity index (χ2v) is 2.51. The zero-order valence-corrected chi connectivity index (χ0v) is 7.43. The lowest BCUT2D eigenvalue weighted by Crippen LogP contribution is -2.18. The van der Waals surface area contributed by atoms with Crippen molar-refractivity contribution < 1.29 is 27.1 Å². The molecule has 0 spiro atoms. The maximum Gasteiger partial charge on any atom is 0.421 e. The van der Waals surface area contributed by atoms with Crippen molar-refractivity contribution in [1.82, 2.24) is 4.98 Å². The van der Waals surface area contributed by atoms with E-state index in [4.69, 9.17) is 0 Å². The van der Waals surface area contributed by atoms with Crippen molar-refractivity contribution in [1.29, 1.82) is 0 Å². The lowest BCUT2D eigenvalue weighted by molar-refractivity contribution is -0.140. The van der Waals surface area contributed by atoms with Gasteiger partial charge < -0.3 is 4.74 Å². The number of hydrogen-bond acceptors (Lipinski definition) is 3. The van der Waals surface area contributed by atoms with Gasteiger partial charge in [0.1, 0.15) is 11.4 Å². The van der Waals surface area contributed by atoms with Gasteiger partial charge in [-0.1, -0.05) is 0 Å². The van der Waals surface area contributed by atoms with Crippen molar-refractivity contribution in [2.75, 3.05) is 7.11 Å². The third-order valence-corrected chi connectivity index (χ3v) is 1.56. The Hall–Kier alpha value is -1.66. The van der Waals surface area contributed by atoms with E-state index in [1.165, 1.54) is 0 Å². The van der Waals surface area contributed by atoms with Crippen LogP contribution in [0.1, 0.15) is 16.1 Å². The van der Waals surface area contributed by atoms with Gasteiger partial charge in [-0.2, -0.15) is 13.2 Å². The van der Waals surface area contributed by atoms with Crippen LogP contribution in [-0.2, 0) is 10.9 Å². The number of pyridine rings is 1. The van der Waals surface area contributed by atoms with Crippen LogP contribution in [0.3, 0.4) is 0 Å². The summed E-state index contributed by atoms with van der Waals surface area (Å²) in [5, 5.41) is 0. The summed E-state index contributed by atoms with van der Waals surface area (Å²) >= 11 is 0. The van der Waals surface area contributed by atoms with E-state index in [0.29, 0.717) is 6.07 Å². The molecule has 1 rings (SSSR count). The molecule has 0 unspecified atom stereocenters. The summed E-state index contributed by atoms with van der Waals surface area (Å²) in [5.74, 6) is -2.89. The summed E-state index contributed by atoms with van der Waals surface area (Å²) in [4.78, 5) is 14.0. The number of halogens is 4. The molecule has 0 saturated heterocycles. The number of ether oxygens (including phenoxy) is 1. The van der Waals surface area contributed by atoms with Crippen molar-refractivity contribution in [3.8, 4) is 0 Å². The molecule has 3 nitrogen and oxygen atoms in total. The van der Waals surface area contributed by atoms with E-state index < -0.39 is 29.2 Å². The number of nitrogens with zero attached hydrogens (tertiary/aromatic N) is 1. The molecule has 0 aliphatic rings. The van der Waals surface area contributed by atoms with Gasteiger partial charge in [-0.25, -0.2) is 14.2 Å². The SMILES string of the molecule is COC(=O)c1nccc(F)c1C(F)(F)F. The van der Waals surface area contributed by atoms with E-state index in [1.54, 1.807) is 0 Å². The standard InChI is InChI=1S/C8H5F4NO2/c1-15-7(14)6-5(8(10,11)12)4(9)2-3-13-6/h2-3H,1H3. The maximum absolute atomic E-state index is 12.9. The first-order valence-corrected chi connectivity index (χ1v) is 3.68. The summed E-state index contributed by atoms with van der Waals surface area (Å²) in [6, 6.07) is 0.523. The average Bonchev–Trinajstić information content (AvgIpc) is 2.14. The van der Waals surface area contributed by atoms with Crippen LogP contribution in [-0.4, -0.2) is 18.1 Å². The molecular formula is C8H5F4NO2. The monoisotopic (exact) mass is 223 g/mol. The first kappa shape index (κ1) is 11.4. The minimum absolute atomic E-state index is 0.523. The molecule has 0 bridgehead atoms. The Bertz CT molecular complexity index is 389. The number of alkyl halides is 3. The highest BCUT2D eigenvalue weighted by Gasteiger charge is 2.39. The molecule has 0 saturated carbocycles. The van der Waals surface area contributed by atoms with Crippen LogP contribution in [0, 0.1) is 5.82 Å². The number of hydrogen-bond donors (Lipinski definition) is 0. The van der Waals surface area contributed by atoms with Crippen LogP contribution in [0.5, 0.6) is 0 Å². The molecule has 0 aromatic carbocycles. The number of carbonyl (C=O) groups is 1. The fraction of sp³-hybridized carbons (Fsp3) is 0.250. The Morgan fingerprint density at radius 3 is 2.53 bits per heavy atom. The molecule has 0 radical (unpaired) electrons. The van der Waals surface area contributed by atoms with Crippen LogP contribution in [0.25, 0.3) is 0 Å². The van der Waals surface area contributed by atoms with Gasteiger partial charge in [0.15, 0.2) is 5.69 Å². The fourth-order valence-corrected chi connectivity index (χ4v) is 0.959. The molecule has 0 atom stereocenters. The predicted octanol–water partition coefficient (Wildman–Crippen LogP) is 2.03. The zero-order valence-electron chi connectivity index (χ0n) is 7.43. The summed E-state index contributed by atoms with van der Waals surface area (Å²) in [7, 11) is 0.884. The molecule has 0 aliphatic heterocycles. The Morgan fingerprint density at radius 1 is 1.47 bits per heavy atom. The Balaban J connectivity index is 3.40. The van der Waals surface area contributed by atoms with Crippen molar-refractivity contribution in [3.05, 3.63) is 29.3 Å². The van der Waals surface area contributed by atoms with E-state index in [1.807, 2.05) is 0 Å². The quantitative estimate of drug-likeness (QED) is 0.540. The average molecular weight is 223 g/mol. The summed E-state index contributed by atoms with van der Waals surface area (Å²) in [6.45, 7) is 0. The van der Waals surface area contributed by atoms with Crippen LogP contribution in [0.4, 0.5) is 17.6 Å². The van der Waals surface area contributed by atoms with E-state index in [9.17, 15) is 22.4 Å². The molecule has 0 amide bonds. The highest BCUT2D eigenvalue weighted by molar-refractivity contribution is 5.89. The van der Waals surface area contributed by atoms with E-state index in [2.05, 4.69) is 9.72 Å². The maximum atomic E-state index is 12.9. The molecule has 0 fully saturated rings. The number of esters is 1. The van der Waals surface area contributed by atoms with Gasteiger partial charge in [-0.15, -0.1) is 0 Å². The normalized spacial score (nSPS) is 11.3. The van der Waals surface area contributed by atoms with Crippen molar-refractivity contribution >= 4 is 5.97 Å². The molecule has 0 N–H and O–H groups in total. The van der Waals surface area contributed by atoms with E-state index in [0.717, 1.165) is 13.3 Å². The Labute approximate surface area is 81.7 Å². The molecule has 0 aliphatic carbocycles. The van der Waals surface area contributed by atoms with Gasteiger partial charge in [0, 0.05) is 6.20 Å². The van der Waals surface area contributed by atoms with Crippen molar-refractivity contribution in [2.24, 2.45) is 0 Å². The van der Waals surface area contributed by atoms with Gasteiger partial charge in [0.2, 0.25) is 0 Å². The topological polar surface area (TPSA) is 39.2 Å². The highest BCUT2D eigenvalue weighted by atomic mass is 19.4. The predicted molar refractivity (Wildman–Crippen MR) is 40.5 cm³/mol. The molecular weight excluding hydrogens is 218 g/mol. The molecule has 7 heteroatoms. The third-order valence-electron chi connectivity index (χ3n) is 1.56. The lowest BCUT2D eigenvalue weighted by Gasteiger charge is -2.10. The van der Waals surface area contributed by atoms with Crippen molar-refractivity contribution in [2.45, 2.75) is 6.18 Å². The van der Waals surface area contributed by atoms with Gasteiger partial charge in [-0.05, 0) is 6.07 Å². The smallest absolute Gasteiger partial charge is 0.421 e. The second kappa shape index (κ2) is 3.84. The first-order valence-electron chi connectivity index (χ1n) is 3.68. The molecule has 1 heterocycles. The van der Waals surface area contributed by atoms with Crippen molar-refractivity contribution in [3.63, 3.8) is 0 Å². The second-order valence-electron chi connectivity index (χ2n) is 2.51. The van der Waals surface area contributed by atoms with Gasteiger partial charge in [0.25, 0.3) is 0 Å². The zero-order chi connectivity index (χ0) is 11.6. The molecule has 1 aromatic rings. The van der Waals surface area contributed by atoms with Crippen LogP contribution in [0.15, 0.2) is 12.3 Å². The summed E-state index contributed by atoms with van der Waals surface area (Å²) in [5.41, 5.74) is -2.79. The van der Waals surface area contributed by atoms with E-state index in [-0.39, 0.29) is 0 Å². The third kappa shape index (κ3) is 2.23. The molecule has 15 heavy (non-hydrogen) atoms. The Kier molecular flexibility index (Phi) is 2.92. The number of methoxy groups -OCH3 is 1. The summed E-state index contributed by atoms with van der Waals surface area (Å²) < 4.78 is 53.9. The largest absolute Gasteiger partial charge is 0.464 e. The van der Waals surface area contributed by atoms with Crippen LogP contribution >= 0.6 is 0 Å². The van der Waals surface area contributed by atoms with E-state index >= 15 is 0 Å². The Morgan fingerprint density at radius 2 is 2.07 bits per heavy atom. The number of carbonyl (C=O) groups excluding carboxylic acids is 1. The first-order chi connectivity index (χ1) is 6.88. The minimum Gasteiger partial charge on any atom is -0.464 e. The van der Waals surface area contributed by atoms with Gasteiger partial charge in [-0.3, -0.25) is 0 Å². The van der Waals surface area contributed by atoms with Gasteiger partial charge >= 0.3 is 12.1 Å². The van der Waals surface area contributed by atoms with Crippen LogP contribution in [0.2, 0.25) is 0 Å². The summed E-state index contributed by atoms with van der Waals surface area (Å²) in [6.07, 6.45) is -4.22. The highest BCUT2D eigenvalue weighted by Crippen LogP contribution is 2.33. The fourth-order valence-electron chi connectivity index (χ4n) is 0.959. The number of rotatable bonds is 1.